The predicted octanol–water partition coefficient (Wildman–Crippen LogP) is 0.954. The van der Waals surface area contributed by atoms with Crippen LogP contribution in [0, 0.1) is 5.92 Å². The molecule has 0 N–H and O–H groups in total. The topological polar surface area (TPSA) is 52.6 Å². The number of rotatable bonds is 3. The summed E-state index contributed by atoms with van der Waals surface area (Å²) in [6.07, 6.45) is 5.55. The molecule has 1 unspecified atom stereocenters. The first-order chi connectivity index (χ1) is 11.6. The first-order valence-corrected chi connectivity index (χ1v) is 9.17. The molecule has 0 radical (unpaired) electrons. The van der Waals surface area contributed by atoms with Crippen LogP contribution in [0.3, 0.4) is 0 Å². The van der Waals surface area contributed by atoms with Gasteiger partial charge in [-0.1, -0.05) is 0 Å². The highest BCUT2D eigenvalue weighted by molar-refractivity contribution is 5.79. The van der Waals surface area contributed by atoms with Crippen molar-refractivity contribution >= 4 is 11.7 Å². The van der Waals surface area contributed by atoms with E-state index in [2.05, 4.69) is 33.1 Å². The van der Waals surface area contributed by atoms with E-state index in [-0.39, 0.29) is 5.92 Å². The number of likely N-dealkylation sites (tertiary alicyclic amines) is 1. The number of aryl methyl sites for hydroxylation is 2. The van der Waals surface area contributed by atoms with Gasteiger partial charge in [0.15, 0.2) is 5.82 Å². The summed E-state index contributed by atoms with van der Waals surface area (Å²) >= 11 is 0. The van der Waals surface area contributed by atoms with E-state index in [1.165, 1.54) is 17.7 Å². The normalized spacial score (nSPS) is 24.6. The average molecular weight is 329 g/mol. The lowest BCUT2D eigenvalue weighted by Gasteiger charge is -2.45. The van der Waals surface area contributed by atoms with Gasteiger partial charge in [-0.3, -0.25) is 4.79 Å². The fraction of sp³-hybridized carbons (Fsp3) is 0.722. The lowest BCUT2D eigenvalue weighted by atomic mass is 9.95. The Morgan fingerprint density at radius 3 is 2.83 bits per heavy atom. The minimum absolute atomic E-state index is 0.169. The summed E-state index contributed by atoms with van der Waals surface area (Å²) in [6, 6.07) is 2.50. The van der Waals surface area contributed by atoms with Gasteiger partial charge < -0.3 is 14.7 Å². The van der Waals surface area contributed by atoms with Crippen molar-refractivity contribution < 1.29 is 4.79 Å². The highest BCUT2D eigenvalue weighted by Crippen LogP contribution is 2.27. The first-order valence-electron chi connectivity index (χ1n) is 9.17. The molecule has 130 valence electrons. The summed E-state index contributed by atoms with van der Waals surface area (Å²) in [5, 5.41) is 8.75. The Morgan fingerprint density at radius 2 is 2.04 bits per heavy atom. The molecule has 6 heteroatoms. The molecule has 1 amide bonds. The zero-order chi connectivity index (χ0) is 16.7. The molecule has 0 saturated carbocycles. The molecule has 1 aliphatic carbocycles. The van der Waals surface area contributed by atoms with Gasteiger partial charge in [0.05, 0.1) is 17.7 Å². The fourth-order valence-corrected chi connectivity index (χ4v) is 4.19. The number of piperidine rings is 1. The van der Waals surface area contributed by atoms with Crippen molar-refractivity contribution in [3.05, 3.63) is 17.3 Å². The Bertz CT molecular complexity index is 628. The van der Waals surface area contributed by atoms with Crippen molar-refractivity contribution in [3.63, 3.8) is 0 Å². The summed E-state index contributed by atoms with van der Waals surface area (Å²) in [4.78, 5) is 19.2. The Hall–Kier alpha value is -1.69. The van der Waals surface area contributed by atoms with Gasteiger partial charge in [-0.05, 0) is 57.3 Å². The number of hydrogen-bond acceptors (Lipinski definition) is 5. The number of hydrogen-bond donors (Lipinski definition) is 0. The van der Waals surface area contributed by atoms with Crippen LogP contribution in [0.4, 0.5) is 5.82 Å². The number of likely N-dealkylation sites (N-methyl/N-ethyl adjacent to an activating group) is 1. The molecule has 24 heavy (non-hydrogen) atoms. The van der Waals surface area contributed by atoms with Crippen molar-refractivity contribution in [3.8, 4) is 0 Å². The molecule has 3 heterocycles. The van der Waals surface area contributed by atoms with Crippen LogP contribution in [0.25, 0.3) is 0 Å². The van der Waals surface area contributed by atoms with E-state index in [1.807, 2.05) is 11.9 Å². The van der Waals surface area contributed by atoms with Crippen molar-refractivity contribution in [1.82, 2.24) is 20.0 Å². The lowest BCUT2D eigenvalue weighted by Crippen LogP contribution is -2.61. The molecule has 0 aromatic carbocycles. The molecule has 1 aromatic heterocycles. The molecule has 6 nitrogen and oxygen atoms in total. The second-order valence-electron chi connectivity index (χ2n) is 7.64. The number of anilines is 1. The Kier molecular flexibility index (Phi) is 4.16. The number of carbonyl (C=O) groups is 1. The third-order valence-corrected chi connectivity index (χ3v) is 5.86. The predicted molar refractivity (Wildman–Crippen MR) is 93.0 cm³/mol. The highest BCUT2D eigenvalue weighted by atomic mass is 16.2. The molecule has 2 saturated heterocycles. The molecular weight excluding hydrogens is 302 g/mol. The summed E-state index contributed by atoms with van der Waals surface area (Å²) in [6.45, 7) is 3.76. The molecule has 4 rings (SSSR count). The maximum Gasteiger partial charge on any atom is 0.227 e. The van der Waals surface area contributed by atoms with Crippen LogP contribution in [-0.4, -0.2) is 72.2 Å². The second-order valence-corrected chi connectivity index (χ2v) is 7.64. The zero-order valence-corrected chi connectivity index (χ0v) is 14.7. The molecular formula is C18H27N5O. The van der Waals surface area contributed by atoms with Crippen molar-refractivity contribution in [2.45, 2.75) is 38.1 Å². The van der Waals surface area contributed by atoms with E-state index in [4.69, 9.17) is 0 Å². The SMILES string of the molecule is CN1CCCC(C(=O)N(C)C2CN(c3cc4c(nn3)CCC4)C2)C1. The van der Waals surface area contributed by atoms with Crippen LogP contribution in [0.1, 0.15) is 30.5 Å². The lowest BCUT2D eigenvalue weighted by molar-refractivity contribution is -0.138. The largest absolute Gasteiger partial charge is 0.351 e. The third kappa shape index (κ3) is 2.88. The Balaban J connectivity index is 1.34. The van der Waals surface area contributed by atoms with Gasteiger partial charge in [0.2, 0.25) is 5.91 Å². The maximum absolute atomic E-state index is 12.7. The number of fused-ring (bicyclic) bond motifs is 1. The van der Waals surface area contributed by atoms with Crippen molar-refractivity contribution in [2.24, 2.45) is 5.92 Å². The van der Waals surface area contributed by atoms with Gasteiger partial charge in [0, 0.05) is 26.7 Å². The molecule has 3 aliphatic rings. The van der Waals surface area contributed by atoms with Gasteiger partial charge in [-0.25, -0.2) is 0 Å². The summed E-state index contributed by atoms with van der Waals surface area (Å²) in [7, 11) is 4.07. The van der Waals surface area contributed by atoms with Crippen molar-refractivity contribution in [2.75, 3.05) is 45.2 Å². The van der Waals surface area contributed by atoms with Gasteiger partial charge in [-0.15, -0.1) is 5.10 Å². The third-order valence-electron chi connectivity index (χ3n) is 5.86. The first kappa shape index (κ1) is 15.8. The van der Waals surface area contributed by atoms with Gasteiger partial charge in [0.25, 0.3) is 0 Å². The van der Waals surface area contributed by atoms with Crippen LogP contribution in [-0.2, 0) is 17.6 Å². The summed E-state index contributed by atoms with van der Waals surface area (Å²) < 4.78 is 0. The molecule has 0 bridgehead atoms. The van der Waals surface area contributed by atoms with E-state index in [1.54, 1.807) is 0 Å². The maximum atomic E-state index is 12.7. The quantitative estimate of drug-likeness (QED) is 0.827. The smallest absolute Gasteiger partial charge is 0.227 e. The van der Waals surface area contributed by atoms with E-state index < -0.39 is 0 Å². The standard InChI is InChI=1S/C18H27N5O/c1-21-8-4-6-14(10-21)18(24)22(2)15-11-23(12-15)17-9-13-5-3-7-16(13)19-20-17/h9,14-15H,3-8,10-12H2,1-2H3. The van der Waals surface area contributed by atoms with Gasteiger partial charge in [0.1, 0.15) is 0 Å². The Morgan fingerprint density at radius 1 is 1.21 bits per heavy atom. The van der Waals surface area contributed by atoms with Crippen LogP contribution in [0.5, 0.6) is 0 Å². The number of aromatic nitrogens is 2. The number of amides is 1. The Labute approximate surface area is 143 Å². The average Bonchev–Trinajstić information content (AvgIpc) is 3.00. The van der Waals surface area contributed by atoms with E-state index >= 15 is 0 Å². The van der Waals surface area contributed by atoms with Crippen molar-refractivity contribution in [1.29, 1.82) is 0 Å². The minimum atomic E-state index is 0.169. The highest BCUT2D eigenvalue weighted by Gasteiger charge is 2.36. The van der Waals surface area contributed by atoms with Crippen LogP contribution in [0.2, 0.25) is 0 Å². The van der Waals surface area contributed by atoms with Crippen LogP contribution >= 0.6 is 0 Å². The van der Waals surface area contributed by atoms with Crippen LogP contribution in [0.15, 0.2) is 6.07 Å². The number of nitrogens with zero attached hydrogens (tertiary/aromatic N) is 5. The summed E-state index contributed by atoms with van der Waals surface area (Å²) in [5.41, 5.74) is 2.53. The minimum Gasteiger partial charge on any atom is -0.351 e. The van der Waals surface area contributed by atoms with E-state index in [0.717, 1.165) is 57.7 Å². The van der Waals surface area contributed by atoms with Crippen LogP contribution < -0.4 is 4.90 Å². The molecule has 2 fully saturated rings. The summed E-state index contributed by atoms with van der Waals surface area (Å²) in [5.74, 6) is 1.46. The van der Waals surface area contributed by atoms with Gasteiger partial charge in [-0.2, -0.15) is 5.10 Å². The van der Waals surface area contributed by atoms with E-state index in [0.29, 0.717) is 11.9 Å². The second kappa shape index (κ2) is 6.31. The monoisotopic (exact) mass is 329 g/mol. The zero-order valence-electron chi connectivity index (χ0n) is 14.7. The fourth-order valence-electron chi connectivity index (χ4n) is 4.19. The van der Waals surface area contributed by atoms with Gasteiger partial charge >= 0.3 is 0 Å². The molecule has 1 atom stereocenters. The van der Waals surface area contributed by atoms with E-state index in [9.17, 15) is 4.79 Å². The number of carbonyl (C=O) groups excluding carboxylic acids is 1. The molecule has 1 aromatic rings. The molecule has 0 spiro atoms. The molecule has 2 aliphatic heterocycles.